The molecule has 0 unspecified atom stereocenters. The van der Waals surface area contributed by atoms with Crippen molar-refractivity contribution in [2.24, 2.45) is 0 Å². The number of rotatable bonds is 4. The van der Waals surface area contributed by atoms with Gasteiger partial charge in [-0.2, -0.15) is 5.10 Å². The van der Waals surface area contributed by atoms with Crippen LogP contribution >= 0.6 is 0 Å². The fourth-order valence-electron chi connectivity index (χ4n) is 3.10. The van der Waals surface area contributed by atoms with Crippen LogP contribution in [0.2, 0.25) is 0 Å². The van der Waals surface area contributed by atoms with E-state index in [0.717, 1.165) is 31.5 Å². The van der Waals surface area contributed by atoms with Gasteiger partial charge in [-0.3, -0.25) is 0 Å². The van der Waals surface area contributed by atoms with Gasteiger partial charge in [0, 0.05) is 20.2 Å². The van der Waals surface area contributed by atoms with Crippen molar-refractivity contribution >= 4 is 6.03 Å². The van der Waals surface area contributed by atoms with E-state index in [2.05, 4.69) is 22.3 Å². The van der Waals surface area contributed by atoms with Gasteiger partial charge in [0.25, 0.3) is 0 Å². The summed E-state index contributed by atoms with van der Waals surface area (Å²) in [5.74, 6) is 0.705. The summed E-state index contributed by atoms with van der Waals surface area (Å²) in [4.78, 5) is 18.6. The van der Waals surface area contributed by atoms with E-state index in [1.807, 2.05) is 35.2 Å². The van der Waals surface area contributed by atoms with Gasteiger partial charge in [-0.05, 0) is 38.3 Å². The van der Waals surface area contributed by atoms with E-state index in [9.17, 15) is 4.79 Å². The van der Waals surface area contributed by atoms with Crippen LogP contribution in [0, 0.1) is 0 Å². The molecule has 25 heavy (non-hydrogen) atoms. The molecule has 1 atom stereocenters. The number of likely N-dealkylation sites (tertiary alicyclic amines) is 1. The summed E-state index contributed by atoms with van der Waals surface area (Å²) in [5, 5.41) is 7.21. The smallest absolute Gasteiger partial charge is 0.317 e. The number of urea groups is 1. The molecule has 134 valence electrons. The first-order valence-corrected chi connectivity index (χ1v) is 8.63. The quantitative estimate of drug-likeness (QED) is 0.925. The van der Waals surface area contributed by atoms with Crippen LogP contribution in [-0.2, 0) is 11.3 Å². The normalized spacial score (nSPS) is 21.0. The molecule has 2 aromatic rings. The number of amides is 2. The van der Waals surface area contributed by atoms with Gasteiger partial charge < -0.3 is 15.0 Å². The molecule has 2 heterocycles. The molecule has 0 bridgehead atoms. The molecule has 1 fully saturated rings. The molecule has 1 aliphatic heterocycles. The number of ether oxygens (including phenoxy) is 1. The fraction of sp³-hybridized carbons (Fsp3) is 0.500. The second-order valence-electron chi connectivity index (χ2n) is 6.58. The minimum atomic E-state index is -0.136. The van der Waals surface area contributed by atoms with E-state index in [0.29, 0.717) is 18.9 Å². The molecule has 1 N–H and O–H groups in total. The van der Waals surface area contributed by atoms with Gasteiger partial charge >= 0.3 is 6.03 Å². The van der Waals surface area contributed by atoms with Crippen LogP contribution in [-0.4, -0.2) is 51.5 Å². The van der Waals surface area contributed by atoms with E-state index in [-0.39, 0.29) is 11.6 Å². The average molecular weight is 343 g/mol. The summed E-state index contributed by atoms with van der Waals surface area (Å²) >= 11 is 0. The SMILES string of the molecule is CO[C@]1(C)CCCN(C(=O)NCc2ncnn2-c2ccccc2)CC1. The number of para-hydroxylation sites is 1. The van der Waals surface area contributed by atoms with Crippen LogP contribution in [0.4, 0.5) is 4.79 Å². The Kier molecular flexibility index (Phi) is 5.33. The van der Waals surface area contributed by atoms with Crippen molar-refractivity contribution in [2.45, 2.75) is 38.3 Å². The van der Waals surface area contributed by atoms with E-state index in [1.54, 1.807) is 11.8 Å². The molecule has 7 nitrogen and oxygen atoms in total. The summed E-state index contributed by atoms with van der Waals surface area (Å²) in [6, 6.07) is 9.70. The Labute approximate surface area is 148 Å². The molecular weight excluding hydrogens is 318 g/mol. The van der Waals surface area contributed by atoms with Crippen LogP contribution < -0.4 is 5.32 Å². The van der Waals surface area contributed by atoms with Crippen molar-refractivity contribution in [3.8, 4) is 5.69 Å². The highest BCUT2D eigenvalue weighted by molar-refractivity contribution is 5.74. The third-order valence-corrected chi connectivity index (χ3v) is 4.84. The lowest BCUT2D eigenvalue weighted by atomic mass is 9.97. The number of aromatic nitrogens is 3. The van der Waals surface area contributed by atoms with Crippen molar-refractivity contribution in [2.75, 3.05) is 20.2 Å². The molecule has 1 aliphatic rings. The molecule has 0 radical (unpaired) electrons. The molecule has 0 aliphatic carbocycles. The number of carbonyl (C=O) groups excluding carboxylic acids is 1. The zero-order valence-electron chi connectivity index (χ0n) is 14.8. The maximum Gasteiger partial charge on any atom is 0.317 e. The van der Waals surface area contributed by atoms with Crippen LogP contribution in [0.5, 0.6) is 0 Å². The third-order valence-electron chi connectivity index (χ3n) is 4.84. The summed E-state index contributed by atoms with van der Waals surface area (Å²) in [7, 11) is 1.74. The molecule has 3 rings (SSSR count). The number of methoxy groups -OCH3 is 1. The average Bonchev–Trinajstić information content (AvgIpc) is 3.02. The van der Waals surface area contributed by atoms with E-state index in [4.69, 9.17) is 4.74 Å². The first-order valence-electron chi connectivity index (χ1n) is 8.63. The maximum absolute atomic E-state index is 12.5. The molecule has 0 saturated carbocycles. The van der Waals surface area contributed by atoms with Gasteiger partial charge in [0.1, 0.15) is 6.33 Å². The van der Waals surface area contributed by atoms with Crippen LogP contribution in [0.15, 0.2) is 36.7 Å². The molecule has 7 heteroatoms. The van der Waals surface area contributed by atoms with Crippen LogP contribution in [0.1, 0.15) is 32.0 Å². The molecule has 0 spiro atoms. The standard InChI is InChI=1S/C18H25N5O2/c1-18(25-2)9-6-11-22(12-10-18)17(24)19-13-16-20-14-21-23(16)15-7-4-3-5-8-15/h3-5,7-8,14H,6,9-13H2,1-2H3,(H,19,24)/t18-/m1/s1. The van der Waals surface area contributed by atoms with Crippen LogP contribution in [0.3, 0.4) is 0 Å². The van der Waals surface area contributed by atoms with Crippen molar-refractivity contribution < 1.29 is 9.53 Å². The Morgan fingerprint density at radius 1 is 1.28 bits per heavy atom. The molecule has 1 aromatic heterocycles. The van der Waals surface area contributed by atoms with Crippen molar-refractivity contribution in [1.29, 1.82) is 0 Å². The molecule has 1 saturated heterocycles. The Bertz CT molecular complexity index is 703. The second kappa shape index (κ2) is 7.65. The van der Waals surface area contributed by atoms with Crippen LogP contribution in [0.25, 0.3) is 5.69 Å². The maximum atomic E-state index is 12.5. The lowest BCUT2D eigenvalue weighted by Crippen LogP contribution is -2.41. The highest BCUT2D eigenvalue weighted by Crippen LogP contribution is 2.25. The summed E-state index contributed by atoms with van der Waals surface area (Å²) in [5.41, 5.74) is 0.789. The number of nitrogens with one attached hydrogen (secondary N) is 1. The molecule has 1 aromatic carbocycles. The second-order valence-corrected chi connectivity index (χ2v) is 6.58. The Morgan fingerprint density at radius 2 is 2.08 bits per heavy atom. The van der Waals surface area contributed by atoms with Crippen molar-refractivity contribution in [1.82, 2.24) is 25.0 Å². The van der Waals surface area contributed by atoms with Crippen molar-refractivity contribution in [3.05, 3.63) is 42.5 Å². The first-order chi connectivity index (χ1) is 12.1. The number of hydrogen-bond acceptors (Lipinski definition) is 4. The number of benzene rings is 1. The number of hydrogen-bond donors (Lipinski definition) is 1. The van der Waals surface area contributed by atoms with Gasteiger partial charge in [-0.1, -0.05) is 18.2 Å². The summed E-state index contributed by atoms with van der Waals surface area (Å²) in [6.07, 6.45) is 4.26. The predicted molar refractivity (Wildman–Crippen MR) is 94.4 cm³/mol. The largest absolute Gasteiger partial charge is 0.378 e. The topological polar surface area (TPSA) is 72.3 Å². The Balaban J connectivity index is 1.59. The molecule has 2 amide bonds. The van der Waals surface area contributed by atoms with E-state index in [1.165, 1.54) is 6.33 Å². The van der Waals surface area contributed by atoms with Crippen molar-refractivity contribution in [3.63, 3.8) is 0 Å². The zero-order valence-corrected chi connectivity index (χ0v) is 14.8. The first kappa shape index (κ1) is 17.4. The van der Waals surface area contributed by atoms with Gasteiger partial charge in [-0.15, -0.1) is 0 Å². The van der Waals surface area contributed by atoms with Gasteiger partial charge in [0.05, 0.1) is 17.8 Å². The van der Waals surface area contributed by atoms with Gasteiger partial charge in [0.15, 0.2) is 5.82 Å². The highest BCUT2D eigenvalue weighted by Gasteiger charge is 2.29. The predicted octanol–water partition coefficient (Wildman–Crippen LogP) is 2.37. The molecular formula is C18H25N5O2. The Morgan fingerprint density at radius 3 is 2.84 bits per heavy atom. The Hall–Kier alpha value is -2.41. The van der Waals surface area contributed by atoms with E-state index >= 15 is 0 Å². The van der Waals surface area contributed by atoms with Gasteiger partial charge in [0.2, 0.25) is 0 Å². The summed E-state index contributed by atoms with van der Waals surface area (Å²) in [6.45, 7) is 3.89. The number of nitrogens with zero attached hydrogens (tertiary/aromatic N) is 4. The van der Waals surface area contributed by atoms with Gasteiger partial charge in [-0.25, -0.2) is 14.5 Å². The highest BCUT2D eigenvalue weighted by atomic mass is 16.5. The fourth-order valence-corrected chi connectivity index (χ4v) is 3.10. The lowest BCUT2D eigenvalue weighted by Gasteiger charge is -2.26. The van der Waals surface area contributed by atoms with E-state index < -0.39 is 0 Å². The summed E-state index contributed by atoms with van der Waals surface area (Å²) < 4.78 is 7.33. The number of carbonyl (C=O) groups is 1. The zero-order chi connectivity index (χ0) is 17.7. The minimum Gasteiger partial charge on any atom is -0.378 e. The third kappa shape index (κ3) is 4.17. The lowest BCUT2D eigenvalue weighted by molar-refractivity contribution is -0.00500. The minimum absolute atomic E-state index is 0.0667. The monoisotopic (exact) mass is 343 g/mol.